The Morgan fingerprint density at radius 2 is 1.74 bits per heavy atom. The van der Waals surface area contributed by atoms with Gasteiger partial charge in [-0.2, -0.15) is 0 Å². The summed E-state index contributed by atoms with van der Waals surface area (Å²) < 4.78 is 38.8. The van der Waals surface area contributed by atoms with E-state index in [0.717, 1.165) is 23.2 Å². The summed E-state index contributed by atoms with van der Waals surface area (Å²) in [5, 5.41) is 3.60. The summed E-state index contributed by atoms with van der Waals surface area (Å²) in [6.45, 7) is 0. The van der Waals surface area contributed by atoms with Crippen LogP contribution in [0, 0.1) is 5.92 Å². The molecule has 0 bridgehead atoms. The van der Waals surface area contributed by atoms with Gasteiger partial charge in [0.1, 0.15) is 5.75 Å². The SMILES string of the molecule is COC(=O)c1ccc([C@@H]2Nc3ccc(S(=O)(=O)Nc4ccc(OC)cc4)cc3[C@H]3C=CC[C@@H]32)cc1. The molecule has 3 aromatic carbocycles. The minimum absolute atomic E-state index is 0.0362. The molecule has 7 nitrogen and oxygen atoms in total. The van der Waals surface area contributed by atoms with E-state index in [-0.39, 0.29) is 28.7 Å². The Morgan fingerprint density at radius 1 is 1.00 bits per heavy atom. The van der Waals surface area contributed by atoms with E-state index in [1.165, 1.54) is 7.11 Å². The number of nitrogens with one attached hydrogen (secondary N) is 2. The number of ether oxygens (including phenoxy) is 2. The van der Waals surface area contributed by atoms with Crippen molar-refractivity contribution in [2.75, 3.05) is 24.3 Å². The molecular formula is C27H26N2O5S. The first kappa shape index (κ1) is 23.0. The lowest BCUT2D eigenvalue weighted by atomic mass is 9.77. The molecule has 1 aliphatic heterocycles. The number of hydrogen-bond acceptors (Lipinski definition) is 6. The van der Waals surface area contributed by atoms with E-state index >= 15 is 0 Å². The Hall–Kier alpha value is -3.78. The summed E-state index contributed by atoms with van der Waals surface area (Å²) in [7, 11) is -0.834. The minimum atomic E-state index is -3.76. The van der Waals surface area contributed by atoms with Gasteiger partial charge in [0.05, 0.1) is 30.7 Å². The average molecular weight is 491 g/mol. The second-order valence-corrected chi connectivity index (χ2v) is 10.4. The third-order valence-corrected chi connectivity index (χ3v) is 8.06. The smallest absolute Gasteiger partial charge is 0.337 e. The first-order valence-corrected chi connectivity index (χ1v) is 12.8. The van der Waals surface area contributed by atoms with Gasteiger partial charge >= 0.3 is 5.97 Å². The number of anilines is 2. The summed E-state index contributed by atoms with van der Waals surface area (Å²) in [4.78, 5) is 12.0. The Kier molecular flexibility index (Phi) is 5.98. The fourth-order valence-corrected chi connectivity index (χ4v) is 5.98. The molecule has 5 rings (SSSR count). The molecule has 1 heterocycles. The van der Waals surface area contributed by atoms with Crippen LogP contribution in [0.25, 0.3) is 0 Å². The lowest BCUT2D eigenvalue weighted by molar-refractivity contribution is 0.0600. The molecule has 8 heteroatoms. The van der Waals surface area contributed by atoms with Crippen molar-refractivity contribution in [1.29, 1.82) is 0 Å². The molecule has 2 N–H and O–H groups in total. The molecule has 0 radical (unpaired) electrons. The number of methoxy groups -OCH3 is 2. The Labute approximate surface area is 204 Å². The second kappa shape index (κ2) is 9.11. The highest BCUT2D eigenvalue weighted by Crippen LogP contribution is 2.50. The van der Waals surface area contributed by atoms with Crippen molar-refractivity contribution in [3.05, 3.63) is 95.6 Å². The monoisotopic (exact) mass is 490 g/mol. The predicted molar refractivity (Wildman–Crippen MR) is 134 cm³/mol. The molecule has 0 aromatic heterocycles. The topological polar surface area (TPSA) is 93.7 Å². The van der Waals surface area contributed by atoms with Gasteiger partial charge in [0.15, 0.2) is 0 Å². The van der Waals surface area contributed by atoms with Gasteiger partial charge in [-0.3, -0.25) is 4.72 Å². The Bertz CT molecular complexity index is 1380. The van der Waals surface area contributed by atoms with Gasteiger partial charge in [0.2, 0.25) is 0 Å². The summed E-state index contributed by atoms with van der Waals surface area (Å²) in [6, 6.07) is 19.4. The number of allylic oxidation sites excluding steroid dienone is 2. The van der Waals surface area contributed by atoms with Crippen molar-refractivity contribution in [2.24, 2.45) is 5.92 Å². The molecule has 180 valence electrons. The number of carbonyl (C=O) groups excluding carboxylic acids is 1. The molecule has 3 aromatic rings. The van der Waals surface area contributed by atoms with E-state index in [2.05, 4.69) is 22.2 Å². The third kappa shape index (κ3) is 4.37. The summed E-state index contributed by atoms with van der Waals surface area (Å²) in [5.74, 6) is 0.615. The van der Waals surface area contributed by atoms with Gasteiger partial charge in [0.25, 0.3) is 10.0 Å². The van der Waals surface area contributed by atoms with Crippen molar-refractivity contribution >= 4 is 27.4 Å². The van der Waals surface area contributed by atoms with E-state index in [1.54, 1.807) is 55.6 Å². The molecule has 3 atom stereocenters. The van der Waals surface area contributed by atoms with Crippen LogP contribution in [0.5, 0.6) is 5.75 Å². The quantitative estimate of drug-likeness (QED) is 0.368. The maximum absolute atomic E-state index is 13.1. The number of fused-ring (bicyclic) bond motifs is 3. The van der Waals surface area contributed by atoms with Crippen molar-refractivity contribution in [3.8, 4) is 5.75 Å². The molecule has 0 saturated heterocycles. The van der Waals surface area contributed by atoms with Gasteiger partial charge in [-0.1, -0.05) is 24.3 Å². The third-order valence-electron chi connectivity index (χ3n) is 6.68. The molecule has 0 fully saturated rings. The number of carbonyl (C=O) groups is 1. The van der Waals surface area contributed by atoms with E-state index < -0.39 is 10.0 Å². The maximum Gasteiger partial charge on any atom is 0.337 e. The fraction of sp³-hybridized carbons (Fsp3) is 0.222. The van der Waals surface area contributed by atoms with Crippen molar-refractivity contribution in [1.82, 2.24) is 0 Å². The normalized spacial score (nSPS) is 20.3. The Balaban J connectivity index is 1.43. The van der Waals surface area contributed by atoms with Crippen LogP contribution in [-0.4, -0.2) is 28.6 Å². The van der Waals surface area contributed by atoms with Crippen LogP contribution in [0.1, 0.15) is 39.9 Å². The summed E-state index contributed by atoms with van der Waals surface area (Å²) >= 11 is 0. The highest BCUT2D eigenvalue weighted by atomic mass is 32.2. The van der Waals surface area contributed by atoms with Gasteiger partial charge in [-0.15, -0.1) is 0 Å². The summed E-state index contributed by atoms with van der Waals surface area (Å²) in [5.41, 5.74) is 3.91. The van der Waals surface area contributed by atoms with Gasteiger partial charge in [-0.05, 0) is 78.1 Å². The molecule has 0 unspecified atom stereocenters. The lowest BCUT2D eigenvalue weighted by Gasteiger charge is -2.37. The fourth-order valence-electron chi connectivity index (χ4n) is 4.89. The van der Waals surface area contributed by atoms with Crippen LogP contribution in [-0.2, 0) is 14.8 Å². The number of rotatable bonds is 6. The van der Waals surface area contributed by atoms with Crippen LogP contribution >= 0.6 is 0 Å². The second-order valence-electron chi connectivity index (χ2n) is 8.67. The van der Waals surface area contributed by atoms with Crippen LogP contribution in [0.4, 0.5) is 11.4 Å². The molecule has 35 heavy (non-hydrogen) atoms. The predicted octanol–water partition coefficient (Wildman–Crippen LogP) is 5.11. The maximum atomic E-state index is 13.1. The number of esters is 1. The van der Waals surface area contributed by atoms with Crippen LogP contribution in [0.3, 0.4) is 0 Å². The summed E-state index contributed by atoms with van der Waals surface area (Å²) in [6.07, 6.45) is 5.19. The minimum Gasteiger partial charge on any atom is -0.497 e. The van der Waals surface area contributed by atoms with Crippen LogP contribution in [0.15, 0.2) is 83.8 Å². The van der Waals surface area contributed by atoms with E-state index in [4.69, 9.17) is 9.47 Å². The zero-order chi connectivity index (χ0) is 24.6. The lowest BCUT2D eigenvalue weighted by Crippen LogP contribution is -2.29. The van der Waals surface area contributed by atoms with Gasteiger partial charge in [0, 0.05) is 17.3 Å². The molecular weight excluding hydrogens is 464 g/mol. The zero-order valence-electron chi connectivity index (χ0n) is 19.4. The number of hydrogen-bond donors (Lipinski definition) is 2. The molecule has 1 aliphatic carbocycles. The standard InChI is InChI=1S/C27H26N2O5S/c1-33-20-12-10-19(11-13-20)29-35(31,32)21-14-15-25-24(16-21)22-4-3-5-23(22)26(28-25)17-6-8-18(9-7-17)27(30)34-2/h3-4,6-16,22-23,26,28-29H,5H2,1-2H3/t22-,23-,26-/m0/s1. The van der Waals surface area contributed by atoms with Gasteiger partial charge < -0.3 is 14.8 Å². The van der Waals surface area contributed by atoms with Crippen LogP contribution < -0.4 is 14.8 Å². The van der Waals surface area contributed by atoms with Gasteiger partial charge in [-0.25, -0.2) is 13.2 Å². The van der Waals surface area contributed by atoms with E-state index in [0.29, 0.717) is 17.0 Å². The molecule has 0 spiro atoms. The molecule has 0 amide bonds. The van der Waals surface area contributed by atoms with E-state index in [9.17, 15) is 13.2 Å². The zero-order valence-corrected chi connectivity index (χ0v) is 20.2. The first-order chi connectivity index (χ1) is 16.9. The van der Waals surface area contributed by atoms with E-state index in [1.807, 2.05) is 18.2 Å². The van der Waals surface area contributed by atoms with Crippen molar-refractivity contribution < 1.29 is 22.7 Å². The Morgan fingerprint density at radius 3 is 2.43 bits per heavy atom. The largest absolute Gasteiger partial charge is 0.497 e. The highest BCUT2D eigenvalue weighted by molar-refractivity contribution is 7.92. The first-order valence-electron chi connectivity index (χ1n) is 11.3. The number of benzene rings is 3. The number of sulfonamides is 1. The molecule has 0 saturated carbocycles. The van der Waals surface area contributed by atoms with Crippen LogP contribution in [0.2, 0.25) is 0 Å². The van der Waals surface area contributed by atoms with Crippen molar-refractivity contribution in [2.45, 2.75) is 23.3 Å². The molecule has 2 aliphatic rings. The average Bonchev–Trinajstić information content (AvgIpc) is 3.38. The highest BCUT2D eigenvalue weighted by Gasteiger charge is 2.38. The van der Waals surface area contributed by atoms with Crippen molar-refractivity contribution in [3.63, 3.8) is 0 Å².